The molecule has 21 heavy (non-hydrogen) atoms. The number of nitrogens with zero attached hydrogens (tertiary/aromatic N) is 4. The molecular weight excluding hydrogens is 266 g/mol. The Hall–Kier alpha value is -2.11. The number of rotatable bonds is 6. The zero-order valence-corrected chi connectivity index (χ0v) is 12.5. The zero-order chi connectivity index (χ0) is 14.8. The van der Waals surface area contributed by atoms with Crippen LogP contribution < -0.4 is 5.32 Å². The summed E-state index contributed by atoms with van der Waals surface area (Å²) in [5.41, 5.74) is 1.63. The topological polar surface area (TPSA) is 64.7 Å². The van der Waals surface area contributed by atoms with Crippen LogP contribution in [0.2, 0.25) is 0 Å². The number of amides is 1. The molecule has 2 aromatic rings. The van der Waals surface area contributed by atoms with E-state index in [0.717, 1.165) is 24.6 Å². The molecule has 1 aliphatic carbocycles. The molecule has 1 saturated carbocycles. The van der Waals surface area contributed by atoms with Crippen LogP contribution in [0.4, 0.5) is 0 Å². The lowest BCUT2D eigenvalue weighted by Crippen LogP contribution is -2.28. The molecule has 1 amide bonds. The molecule has 1 fully saturated rings. The van der Waals surface area contributed by atoms with Crippen LogP contribution in [0.5, 0.6) is 0 Å². The molecule has 0 atom stereocenters. The highest BCUT2D eigenvalue weighted by Crippen LogP contribution is 2.39. The van der Waals surface area contributed by atoms with Crippen molar-refractivity contribution in [2.75, 3.05) is 6.54 Å². The van der Waals surface area contributed by atoms with E-state index >= 15 is 0 Å². The van der Waals surface area contributed by atoms with Crippen LogP contribution >= 0.6 is 0 Å². The largest absolute Gasteiger partial charge is 0.349 e. The molecule has 0 aliphatic heterocycles. The van der Waals surface area contributed by atoms with Gasteiger partial charge in [-0.25, -0.2) is 4.98 Å². The van der Waals surface area contributed by atoms with Gasteiger partial charge >= 0.3 is 0 Å². The SMILES string of the molecule is CCn1ccc(C(=O)NCCn2c(C)cnc2C2CC2)n1. The van der Waals surface area contributed by atoms with Gasteiger partial charge in [-0.2, -0.15) is 5.10 Å². The van der Waals surface area contributed by atoms with Crippen molar-refractivity contribution in [3.8, 4) is 0 Å². The number of aryl methyl sites for hydroxylation is 2. The van der Waals surface area contributed by atoms with E-state index in [-0.39, 0.29) is 5.91 Å². The van der Waals surface area contributed by atoms with Crippen LogP contribution in [0.3, 0.4) is 0 Å². The van der Waals surface area contributed by atoms with Gasteiger partial charge in [-0.1, -0.05) is 0 Å². The third-order valence-corrected chi connectivity index (χ3v) is 3.85. The maximum atomic E-state index is 12.0. The van der Waals surface area contributed by atoms with E-state index in [1.165, 1.54) is 12.8 Å². The average molecular weight is 287 g/mol. The molecule has 2 aromatic heterocycles. The minimum atomic E-state index is -0.118. The molecule has 0 radical (unpaired) electrons. The minimum absolute atomic E-state index is 0.118. The Morgan fingerprint density at radius 1 is 1.48 bits per heavy atom. The van der Waals surface area contributed by atoms with E-state index < -0.39 is 0 Å². The fourth-order valence-electron chi connectivity index (χ4n) is 2.47. The summed E-state index contributed by atoms with van der Waals surface area (Å²) in [5.74, 6) is 1.67. The second-order valence-corrected chi connectivity index (χ2v) is 5.50. The molecular formula is C15H21N5O. The van der Waals surface area contributed by atoms with E-state index in [9.17, 15) is 4.79 Å². The lowest BCUT2D eigenvalue weighted by Gasteiger charge is -2.10. The Kier molecular flexibility index (Phi) is 3.77. The second kappa shape index (κ2) is 5.71. The van der Waals surface area contributed by atoms with Gasteiger partial charge in [0.1, 0.15) is 11.5 Å². The quantitative estimate of drug-likeness (QED) is 0.879. The number of hydrogen-bond acceptors (Lipinski definition) is 3. The molecule has 112 valence electrons. The maximum absolute atomic E-state index is 12.0. The van der Waals surface area contributed by atoms with Gasteiger partial charge in [0.25, 0.3) is 5.91 Å². The van der Waals surface area contributed by atoms with Crippen LogP contribution in [-0.2, 0) is 13.1 Å². The van der Waals surface area contributed by atoms with Crippen molar-refractivity contribution in [1.29, 1.82) is 0 Å². The van der Waals surface area contributed by atoms with Crippen LogP contribution in [0.1, 0.15) is 47.7 Å². The summed E-state index contributed by atoms with van der Waals surface area (Å²) in [6.07, 6.45) is 6.20. The van der Waals surface area contributed by atoms with Gasteiger partial charge in [0, 0.05) is 43.6 Å². The van der Waals surface area contributed by atoms with Crippen LogP contribution in [0.15, 0.2) is 18.5 Å². The first-order valence-electron chi connectivity index (χ1n) is 7.52. The van der Waals surface area contributed by atoms with Crippen molar-refractivity contribution in [3.63, 3.8) is 0 Å². The number of nitrogens with one attached hydrogen (secondary N) is 1. The average Bonchev–Trinajstić information content (AvgIpc) is 3.09. The third-order valence-electron chi connectivity index (χ3n) is 3.85. The monoisotopic (exact) mass is 287 g/mol. The van der Waals surface area contributed by atoms with Crippen molar-refractivity contribution in [2.45, 2.75) is 45.7 Å². The van der Waals surface area contributed by atoms with Crippen molar-refractivity contribution >= 4 is 5.91 Å². The van der Waals surface area contributed by atoms with E-state index in [4.69, 9.17) is 0 Å². The lowest BCUT2D eigenvalue weighted by atomic mass is 10.3. The first kappa shape index (κ1) is 13.9. The van der Waals surface area contributed by atoms with Crippen LogP contribution in [-0.4, -0.2) is 31.8 Å². The Balaban J connectivity index is 1.56. The van der Waals surface area contributed by atoms with Crippen molar-refractivity contribution in [3.05, 3.63) is 35.7 Å². The smallest absolute Gasteiger partial charge is 0.271 e. The normalized spacial score (nSPS) is 14.4. The molecule has 0 saturated heterocycles. The van der Waals surface area contributed by atoms with Crippen molar-refractivity contribution in [1.82, 2.24) is 24.6 Å². The number of hydrogen-bond donors (Lipinski definition) is 1. The van der Waals surface area contributed by atoms with Gasteiger partial charge in [0.2, 0.25) is 0 Å². The highest BCUT2D eigenvalue weighted by Gasteiger charge is 2.28. The van der Waals surface area contributed by atoms with Crippen molar-refractivity contribution in [2.24, 2.45) is 0 Å². The Morgan fingerprint density at radius 2 is 2.29 bits per heavy atom. The van der Waals surface area contributed by atoms with Gasteiger partial charge in [-0.05, 0) is 32.8 Å². The summed E-state index contributed by atoms with van der Waals surface area (Å²) < 4.78 is 3.96. The maximum Gasteiger partial charge on any atom is 0.271 e. The first-order valence-corrected chi connectivity index (χ1v) is 7.52. The number of carbonyl (C=O) groups excluding carboxylic acids is 1. The molecule has 6 heteroatoms. The molecule has 2 heterocycles. The van der Waals surface area contributed by atoms with E-state index in [1.807, 2.05) is 19.3 Å². The first-order chi connectivity index (χ1) is 10.2. The summed E-state index contributed by atoms with van der Waals surface area (Å²) >= 11 is 0. The van der Waals surface area contributed by atoms with Gasteiger partial charge < -0.3 is 9.88 Å². The third kappa shape index (κ3) is 2.99. The predicted molar refractivity (Wildman–Crippen MR) is 79.2 cm³/mol. The van der Waals surface area contributed by atoms with Gasteiger partial charge in [-0.15, -0.1) is 0 Å². The fraction of sp³-hybridized carbons (Fsp3) is 0.533. The molecule has 0 aromatic carbocycles. The van der Waals surface area contributed by atoms with Gasteiger partial charge in [-0.3, -0.25) is 9.48 Å². The van der Waals surface area contributed by atoms with E-state index in [0.29, 0.717) is 18.2 Å². The van der Waals surface area contributed by atoms with Crippen LogP contribution in [0, 0.1) is 6.92 Å². The number of carbonyl (C=O) groups is 1. The summed E-state index contributed by atoms with van der Waals surface area (Å²) in [6, 6.07) is 1.75. The highest BCUT2D eigenvalue weighted by atomic mass is 16.1. The molecule has 1 aliphatic rings. The highest BCUT2D eigenvalue weighted by molar-refractivity contribution is 5.92. The Morgan fingerprint density at radius 3 is 2.95 bits per heavy atom. The molecule has 1 N–H and O–H groups in total. The van der Waals surface area contributed by atoms with Gasteiger partial charge in [0.15, 0.2) is 0 Å². The minimum Gasteiger partial charge on any atom is -0.349 e. The standard InChI is InChI=1S/C15H21N5O/c1-3-19-8-6-13(18-19)15(21)16-7-9-20-11(2)10-17-14(20)12-4-5-12/h6,8,10,12H,3-5,7,9H2,1-2H3,(H,16,21). The second-order valence-electron chi connectivity index (χ2n) is 5.50. The summed E-state index contributed by atoms with van der Waals surface area (Å²) in [5, 5.41) is 7.13. The van der Waals surface area contributed by atoms with Crippen molar-refractivity contribution < 1.29 is 4.79 Å². The lowest BCUT2D eigenvalue weighted by molar-refractivity contribution is 0.0946. The Labute approximate surface area is 124 Å². The number of imidazole rings is 1. The summed E-state index contributed by atoms with van der Waals surface area (Å²) in [6.45, 7) is 6.18. The van der Waals surface area contributed by atoms with Gasteiger partial charge in [0.05, 0.1) is 0 Å². The predicted octanol–water partition coefficient (Wildman–Crippen LogP) is 1.72. The fourth-order valence-corrected chi connectivity index (χ4v) is 2.47. The Bertz CT molecular complexity index is 638. The number of aromatic nitrogens is 4. The summed E-state index contributed by atoms with van der Waals surface area (Å²) in [4.78, 5) is 16.5. The van der Waals surface area contributed by atoms with E-state index in [1.54, 1.807) is 10.7 Å². The van der Waals surface area contributed by atoms with E-state index in [2.05, 4.69) is 26.9 Å². The molecule has 0 spiro atoms. The zero-order valence-electron chi connectivity index (χ0n) is 12.5. The molecule has 3 rings (SSSR count). The van der Waals surface area contributed by atoms with Crippen LogP contribution in [0.25, 0.3) is 0 Å². The summed E-state index contributed by atoms with van der Waals surface area (Å²) in [7, 11) is 0. The molecule has 0 unspecified atom stereocenters. The molecule has 6 nitrogen and oxygen atoms in total. The molecule has 0 bridgehead atoms.